The Bertz CT molecular complexity index is 728. The standard InChI is InChI=1S/C17H21ClN6O/c18-14-10-21-22-15(14)16(25)24-9-4-13(11-24)12-2-7-23(8-3-12)17-19-5-1-6-20-17/h1,5-6,10,12-13H,2-4,7-9,11H2,(H,21,22)/t13-/m0/s1. The first-order chi connectivity index (χ1) is 12.2. The third-order valence-corrected chi connectivity index (χ3v) is 5.65. The number of rotatable bonds is 3. The van der Waals surface area contributed by atoms with Crippen LogP contribution in [0.4, 0.5) is 5.95 Å². The van der Waals surface area contributed by atoms with Crippen molar-refractivity contribution in [3.8, 4) is 0 Å². The number of amides is 1. The van der Waals surface area contributed by atoms with Crippen molar-refractivity contribution in [2.45, 2.75) is 19.3 Å². The van der Waals surface area contributed by atoms with Gasteiger partial charge in [0, 0.05) is 38.6 Å². The van der Waals surface area contributed by atoms with Crippen molar-refractivity contribution >= 4 is 23.5 Å². The van der Waals surface area contributed by atoms with Gasteiger partial charge < -0.3 is 9.80 Å². The number of aromatic amines is 1. The molecule has 1 N–H and O–H groups in total. The molecule has 2 saturated heterocycles. The minimum atomic E-state index is -0.0416. The second kappa shape index (κ2) is 7.00. The molecule has 2 aliphatic rings. The normalized spacial score (nSPS) is 21.7. The van der Waals surface area contributed by atoms with Gasteiger partial charge in [-0.05, 0) is 37.2 Å². The van der Waals surface area contributed by atoms with E-state index in [0.29, 0.717) is 22.6 Å². The van der Waals surface area contributed by atoms with Crippen LogP contribution in [0.3, 0.4) is 0 Å². The molecule has 2 fully saturated rings. The van der Waals surface area contributed by atoms with E-state index in [1.807, 2.05) is 11.0 Å². The predicted octanol–water partition coefficient (Wildman–Crippen LogP) is 2.23. The number of nitrogens with zero attached hydrogens (tertiary/aromatic N) is 5. The Morgan fingerprint density at radius 2 is 1.84 bits per heavy atom. The summed E-state index contributed by atoms with van der Waals surface area (Å²) in [6.45, 7) is 3.55. The number of H-pyrrole nitrogens is 1. The van der Waals surface area contributed by atoms with Crippen molar-refractivity contribution in [3.05, 3.63) is 35.4 Å². The number of halogens is 1. The molecule has 0 radical (unpaired) electrons. The Labute approximate surface area is 151 Å². The summed E-state index contributed by atoms with van der Waals surface area (Å²) < 4.78 is 0. The molecule has 4 rings (SSSR count). The van der Waals surface area contributed by atoms with Crippen LogP contribution in [0.2, 0.25) is 5.02 Å². The van der Waals surface area contributed by atoms with E-state index in [-0.39, 0.29) is 5.91 Å². The minimum Gasteiger partial charge on any atom is -0.341 e. The molecular formula is C17H21ClN6O. The van der Waals surface area contributed by atoms with Crippen LogP contribution in [0.15, 0.2) is 24.7 Å². The SMILES string of the molecule is O=C(c1[nH]ncc1Cl)N1CC[C@H](C2CCN(c3ncccn3)CC2)C1. The molecule has 132 valence electrons. The van der Waals surface area contributed by atoms with Gasteiger partial charge in [-0.2, -0.15) is 5.10 Å². The first kappa shape index (κ1) is 16.3. The average Bonchev–Trinajstić information content (AvgIpc) is 3.31. The molecule has 8 heteroatoms. The maximum atomic E-state index is 12.5. The molecule has 2 aliphatic heterocycles. The number of piperidine rings is 1. The molecule has 0 aliphatic carbocycles. The summed E-state index contributed by atoms with van der Waals surface area (Å²) in [6, 6.07) is 1.84. The van der Waals surface area contributed by atoms with E-state index >= 15 is 0 Å². The molecule has 25 heavy (non-hydrogen) atoms. The van der Waals surface area contributed by atoms with Crippen LogP contribution in [-0.4, -0.2) is 57.2 Å². The molecule has 7 nitrogen and oxygen atoms in total. The quantitative estimate of drug-likeness (QED) is 0.908. The zero-order chi connectivity index (χ0) is 17.2. The van der Waals surface area contributed by atoms with Crippen molar-refractivity contribution in [3.63, 3.8) is 0 Å². The van der Waals surface area contributed by atoms with Crippen LogP contribution in [0.25, 0.3) is 0 Å². The lowest BCUT2D eigenvalue weighted by molar-refractivity contribution is 0.0775. The molecule has 4 heterocycles. The number of aromatic nitrogens is 4. The van der Waals surface area contributed by atoms with Crippen molar-refractivity contribution in [1.82, 2.24) is 25.1 Å². The van der Waals surface area contributed by atoms with Crippen LogP contribution >= 0.6 is 11.6 Å². The molecule has 0 unspecified atom stereocenters. The fraction of sp³-hybridized carbons (Fsp3) is 0.529. The second-order valence-corrected chi connectivity index (χ2v) is 7.17. The lowest BCUT2D eigenvalue weighted by Crippen LogP contribution is -2.38. The Balaban J connectivity index is 1.33. The zero-order valence-corrected chi connectivity index (χ0v) is 14.7. The number of nitrogens with one attached hydrogen (secondary N) is 1. The summed E-state index contributed by atoms with van der Waals surface area (Å²) in [5.74, 6) is 1.98. The van der Waals surface area contributed by atoms with Crippen LogP contribution in [-0.2, 0) is 0 Å². The van der Waals surface area contributed by atoms with Crippen molar-refractivity contribution in [2.75, 3.05) is 31.1 Å². The van der Waals surface area contributed by atoms with Crippen molar-refractivity contribution in [2.24, 2.45) is 11.8 Å². The fourth-order valence-electron chi connectivity index (χ4n) is 3.96. The second-order valence-electron chi connectivity index (χ2n) is 6.77. The summed E-state index contributed by atoms with van der Waals surface area (Å²) in [7, 11) is 0. The number of anilines is 1. The van der Waals surface area contributed by atoms with E-state index in [9.17, 15) is 4.79 Å². The average molecular weight is 361 g/mol. The summed E-state index contributed by atoms with van der Waals surface area (Å²) in [4.78, 5) is 25.4. The van der Waals surface area contributed by atoms with E-state index < -0.39 is 0 Å². The lowest BCUT2D eigenvalue weighted by atomic mass is 9.84. The van der Waals surface area contributed by atoms with Crippen LogP contribution in [0, 0.1) is 11.8 Å². The number of hydrogen-bond acceptors (Lipinski definition) is 5. The monoisotopic (exact) mass is 360 g/mol. The van der Waals surface area contributed by atoms with E-state index in [4.69, 9.17) is 11.6 Å². The lowest BCUT2D eigenvalue weighted by Gasteiger charge is -2.34. The number of carbonyl (C=O) groups is 1. The van der Waals surface area contributed by atoms with Crippen LogP contribution in [0.5, 0.6) is 0 Å². The van der Waals surface area contributed by atoms with Crippen molar-refractivity contribution in [1.29, 1.82) is 0 Å². The van der Waals surface area contributed by atoms with E-state index in [2.05, 4.69) is 25.1 Å². The van der Waals surface area contributed by atoms with Crippen LogP contribution in [0.1, 0.15) is 29.8 Å². The Hall–Kier alpha value is -2.15. The highest BCUT2D eigenvalue weighted by Gasteiger charge is 2.35. The van der Waals surface area contributed by atoms with Gasteiger partial charge in [-0.15, -0.1) is 0 Å². The molecule has 2 aromatic rings. The number of hydrogen-bond donors (Lipinski definition) is 1. The third kappa shape index (κ3) is 3.33. The minimum absolute atomic E-state index is 0.0416. The van der Waals surface area contributed by atoms with Gasteiger partial charge in [0.15, 0.2) is 0 Å². The van der Waals surface area contributed by atoms with E-state index in [1.54, 1.807) is 12.4 Å². The fourth-order valence-corrected chi connectivity index (χ4v) is 4.13. The number of carbonyl (C=O) groups excluding carboxylic acids is 1. The largest absolute Gasteiger partial charge is 0.341 e. The van der Waals surface area contributed by atoms with Gasteiger partial charge in [0.1, 0.15) is 5.69 Å². The highest BCUT2D eigenvalue weighted by molar-refractivity contribution is 6.33. The predicted molar refractivity (Wildman–Crippen MR) is 94.6 cm³/mol. The number of likely N-dealkylation sites (tertiary alicyclic amines) is 1. The highest BCUT2D eigenvalue weighted by Crippen LogP contribution is 2.33. The molecule has 0 spiro atoms. The molecule has 1 atom stereocenters. The highest BCUT2D eigenvalue weighted by atomic mass is 35.5. The molecule has 1 amide bonds. The Morgan fingerprint density at radius 3 is 2.52 bits per heavy atom. The van der Waals surface area contributed by atoms with Crippen molar-refractivity contribution < 1.29 is 4.79 Å². The Morgan fingerprint density at radius 1 is 1.12 bits per heavy atom. The molecule has 0 saturated carbocycles. The van der Waals surface area contributed by atoms with Crippen LogP contribution < -0.4 is 4.90 Å². The topological polar surface area (TPSA) is 78.0 Å². The van der Waals surface area contributed by atoms with Gasteiger partial charge in [-0.1, -0.05) is 11.6 Å². The van der Waals surface area contributed by atoms with Gasteiger partial charge >= 0.3 is 0 Å². The molecular weight excluding hydrogens is 340 g/mol. The summed E-state index contributed by atoms with van der Waals surface area (Å²) in [5, 5.41) is 6.94. The third-order valence-electron chi connectivity index (χ3n) is 5.36. The van der Waals surface area contributed by atoms with Gasteiger partial charge in [-0.25, -0.2) is 9.97 Å². The first-order valence-electron chi connectivity index (χ1n) is 8.72. The smallest absolute Gasteiger partial charge is 0.273 e. The maximum absolute atomic E-state index is 12.5. The summed E-state index contributed by atoms with van der Waals surface area (Å²) >= 11 is 6.01. The van der Waals surface area contributed by atoms with Gasteiger partial charge in [0.05, 0.1) is 11.2 Å². The summed E-state index contributed by atoms with van der Waals surface area (Å²) in [6.07, 6.45) is 8.35. The van der Waals surface area contributed by atoms with Gasteiger partial charge in [-0.3, -0.25) is 9.89 Å². The first-order valence-corrected chi connectivity index (χ1v) is 9.10. The van der Waals surface area contributed by atoms with E-state index in [1.165, 1.54) is 6.20 Å². The van der Waals surface area contributed by atoms with Gasteiger partial charge in [0.25, 0.3) is 5.91 Å². The molecule has 0 aromatic carbocycles. The molecule has 2 aromatic heterocycles. The van der Waals surface area contributed by atoms with E-state index in [0.717, 1.165) is 51.4 Å². The summed E-state index contributed by atoms with van der Waals surface area (Å²) in [5.41, 5.74) is 0.401. The Kier molecular flexibility index (Phi) is 4.57. The maximum Gasteiger partial charge on any atom is 0.273 e. The molecule has 0 bridgehead atoms. The zero-order valence-electron chi connectivity index (χ0n) is 13.9. The van der Waals surface area contributed by atoms with Gasteiger partial charge in [0.2, 0.25) is 5.95 Å².